The number of pyridine rings is 1. The molecule has 2 aromatic rings. The van der Waals surface area contributed by atoms with Crippen LogP contribution >= 0.6 is 15.9 Å². The number of halogens is 1. The van der Waals surface area contributed by atoms with Crippen molar-refractivity contribution >= 4 is 15.9 Å². The largest absolute Gasteiger partial charge is 0.497 e. The van der Waals surface area contributed by atoms with E-state index in [1.807, 2.05) is 30.5 Å². The van der Waals surface area contributed by atoms with Gasteiger partial charge in [-0.1, -0.05) is 12.1 Å². The van der Waals surface area contributed by atoms with Crippen molar-refractivity contribution in [3.8, 4) is 5.75 Å². The fourth-order valence-corrected chi connectivity index (χ4v) is 2.39. The molecule has 5 heteroatoms. The molecule has 2 rings (SSSR count). The van der Waals surface area contributed by atoms with E-state index >= 15 is 0 Å². The SMILES string of the molecule is COc1ccc(CCC(Cc2ccc(Br)cn2)NN)cc1. The zero-order valence-electron chi connectivity index (χ0n) is 12.1. The fourth-order valence-electron chi connectivity index (χ4n) is 2.16. The van der Waals surface area contributed by atoms with Crippen LogP contribution in [-0.4, -0.2) is 18.1 Å². The molecule has 0 saturated heterocycles. The average molecular weight is 350 g/mol. The van der Waals surface area contributed by atoms with Crippen molar-refractivity contribution in [3.63, 3.8) is 0 Å². The molecule has 0 amide bonds. The van der Waals surface area contributed by atoms with Gasteiger partial charge in [0.05, 0.1) is 7.11 Å². The van der Waals surface area contributed by atoms with Crippen molar-refractivity contribution in [1.82, 2.24) is 10.4 Å². The first-order valence-corrected chi connectivity index (χ1v) is 7.70. The highest BCUT2D eigenvalue weighted by atomic mass is 79.9. The lowest BCUT2D eigenvalue weighted by Crippen LogP contribution is -2.37. The minimum atomic E-state index is 0.209. The second-order valence-electron chi connectivity index (χ2n) is 4.92. The van der Waals surface area contributed by atoms with Crippen LogP contribution in [0.3, 0.4) is 0 Å². The first-order chi connectivity index (χ1) is 10.2. The van der Waals surface area contributed by atoms with E-state index in [9.17, 15) is 0 Å². The number of aromatic nitrogens is 1. The summed E-state index contributed by atoms with van der Waals surface area (Å²) in [6.45, 7) is 0. The van der Waals surface area contributed by atoms with Crippen LogP contribution in [0.5, 0.6) is 5.75 Å². The molecule has 21 heavy (non-hydrogen) atoms. The fraction of sp³-hybridized carbons (Fsp3) is 0.312. The van der Waals surface area contributed by atoms with Crippen molar-refractivity contribution in [2.45, 2.75) is 25.3 Å². The third-order valence-electron chi connectivity index (χ3n) is 3.42. The molecule has 4 nitrogen and oxygen atoms in total. The first-order valence-electron chi connectivity index (χ1n) is 6.90. The summed E-state index contributed by atoms with van der Waals surface area (Å²) in [5, 5.41) is 0. The minimum Gasteiger partial charge on any atom is -0.497 e. The minimum absolute atomic E-state index is 0.209. The molecule has 0 spiro atoms. The van der Waals surface area contributed by atoms with Crippen molar-refractivity contribution in [1.29, 1.82) is 0 Å². The molecule has 112 valence electrons. The van der Waals surface area contributed by atoms with E-state index in [0.29, 0.717) is 0 Å². The summed E-state index contributed by atoms with van der Waals surface area (Å²) in [6, 6.07) is 12.4. The van der Waals surface area contributed by atoms with E-state index in [4.69, 9.17) is 10.6 Å². The third-order valence-corrected chi connectivity index (χ3v) is 3.89. The Hall–Kier alpha value is -1.43. The van der Waals surface area contributed by atoms with Crippen molar-refractivity contribution in [3.05, 3.63) is 58.3 Å². The number of nitrogens with two attached hydrogens (primary N) is 1. The van der Waals surface area contributed by atoms with E-state index in [-0.39, 0.29) is 6.04 Å². The maximum atomic E-state index is 5.65. The van der Waals surface area contributed by atoms with Gasteiger partial charge in [-0.25, -0.2) is 0 Å². The first kappa shape index (κ1) is 15.9. The lowest BCUT2D eigenvalue weighted by atomic mass is 10.0. The number of hydrogen-bond acceptors (Lipinski definition) is 4. The summed E-state index contributed by atoms with van der Waals surface area (Å²) in [4.78, 5) is 4.38. The second-order valence-corrected chi connectivity index (χ2v) is 5.84. The number of rotatable bonds is 7. The predicted octanol–water partition coefficient (Wildman–Crippen LogP) is 2.86. The Kier molecular flexibility index (Phi) is 6.17. The monoisotopic (exact) mass is 349 g/mol. The van der Waals surface area contributed by atoms with Gasteiger partial charge in [0.2, 0.25) is 0 Å². The molecule has 1 aromatic carbocycles. The highest BCUT2D eigenvalue weighted by molar-refractivity contribution is 9.10. The van der Waals surface area contributed by atoms with Gasteiger partial charge in [0.15, 0.2) is 0 Å². The van der Waals surface area contributed by atoms with Crippen molar-refractivity contribution < 1.29 is 4.74 Å². The quantitative estimate of drug-likeness (QED) is 0.596. The molecule has 3 N–H and O–H groups in total. The molecular formula is C16H20BrN3O. The Bertz CT molecular complexity index is 542. The second kappa shape index (κ2) is 8.12. The van der Waals surface area contributed by atoms with Crippen LogP contribution in [0.2, 0.25) is 0 Å². The summed E-state index contributed by atoms with van der Waals surface area (Å²) in [7, 11) is 1.68. The van der Waals surface area contributed by atoms with Crippen LogP contribution in [0.25, 0.3) is 0 Å². The van der Waals surface area contributed by atoms with Crippen LogP contribution in [0.1, 0.15) is 17.7 Å². The maximum Gasteiger partial charge on any atom is 0.118 e. The van der Waals surface area contributed by atoms with Gasteiger partial charge in [-0.2, -0.15) is 0 Å². The number of methoxy groups -OCH3 is 1. The molecule has 1 heterocycles. The van der Waals surface area contributed by atoms with Gasteiger partial charge in [0.25, 0.3) is 0 Å². The molecule has 1 aromatic heterocycles. The van der Waals surface area contributed by atoms with Crippen LogP contribution in [0, 0.1) is 0 Å². The van der Waals surface area contributed by atoms with Crippen molar-refractivity contribution in [2.75, 3.05) is 7.11 Å². The highest BCUT2D eigenvalue weighted by Gasteiger charge is 2.09. The Labute approximate surface area is 133 Å². The molecule has 0 saturated carbocycles. The standard InChI is InChI=1S/C16H20BrN3O/c1-21-16-8-3-12(4-9-16)2-6-15(20-18)10-14-7-5-13(17)11-19-14/h3-5,7-9,11,15,20H,2,6,10,18H2,1H3. The smallest absolute Gasteiger partial charge is 0.118 e. The summed E-state index contributed by atoms with van der Waals surface area (Å²) in [6.07, 6.45) is 4.56. The normalized spacial score (nSPS) is 12.1. The summed E-state index contributed by atoms with van der Waals surface area (Å²) in [5.41, 5.74) is 5.20. The van der Waals surface area contributed by atoms with Crippen LogP contribution in [-0.2, 0) is 12.8 Å². The highest BCUT2D eigenvalue weighted by Crippen LogP contribution is 2.14. The molecule has 0 aliphatic rings. The summed E-state index contributed by atoms with van der Waals surface area (Å²) >= 11 is 3.39. The van der Waals surface area contributed by atoms with Gasteiger partial charge < -0.3 is 4.74 Å². The molecule has 0 radical (unpaired) electrons. The summed E-state index contributed by atoms with van der Waals surface area (Å²) in [5.74, 6) is 6.53. The number of hydrogen-bond donors (Lipinski definition) is 2. The van der Waals surface area contributed by atoms with E-state index in [2.05, 4.69) is 38.5 Å². The summed E-state index contributed by atoms with van der Waals surface area (Å²) < 4.78 is 6.15. The number of nitrogens with one attached hydrogen (secondary N) is 1. The van der Waals surface area contributed by atoms with Crippen molar-refractivity contribution in [2.24, 2.45) is 5.84 Å². The van der Waals surface area contributed by atoms with Gasteiger partial charge in [-0.05, 0) is 58.6 Å². The zero-order chi connectivity index (χ0) is 15.1. The maximum absolute atomic E-state index is 5.65. The van der Waals surface area contributed by atoms with Gasteiger partial charge in [-0.3, -0.25) is 16.3 Å². The molecule has 1 atom stereocenters. The number of nitrogens with zero attached hydrogens (tertiary/aromatic N) is 1. The van der Waals surface area contributed by atoms with Gasteiger partial charge in [0, 0.05) is 28.8 Å². The number of aryl methyl sites for hydroxylation is 1. The Balaban J connectivity index is 1.88. The van der Waals surface area contributed by atoms with E-state index in [1.165, 1.54) is 5.56 Å². The number of benzene rings is 1. The van der Waals surface area contributed by atoms with Crippen LogP contribution < -0.4 is 16.0 Å². The molecule has 0 aliphatic carbocycles. The van der Waals surface area contributed by atoms with E-state index in [0.717, 1.165) is 35.2 Å². The lowest BCUT2D eigenvalue weighted by Gasteiger charge is -2.15. The van der Waals surface area contributed by atoms with E-state index < -0.39 is 0 Å². The van der Waals surface area contributed by atoms with Gasteiger partial charge in [0.1, 0.15) is 5.75 Å². The Morgan fingerprint density at radius 3 is 2.57 bits per heavy atom. The molecule has 0 bridgehead atoms. The average Bonchev–Trinajstić information content (AvgIpc) is 2.53. The Morgan fingerprint density at radius 1 is 1.24 bits per heavy atom. The predicted molar refractivity (Wildman–Crippen MR) is 88.1 cm³/mol. The molecule has 1 unspecified atom stereocenters. The third kappa shape index (κ3) is 5.12. The topological polar surface area (TPSA) is 60.2 Å². The Morgan fingerprint density at radius 2 is 2.00 bits per heavy atom. The van der Waals surface area contributed by atoms with Crippen LogP contribution in [0.15, 0.2) is 47.1 Å². The number of ether oxygens (including phenoxy) is 1. The van der Waals surface area contributed by atoms with Gasteiger partial charge >= 0.3 is 0 Å². The molecular weight excluding hydrogens is 330 g/mol. The number of hydrazine groups is 1. The van der Waals surface area contributed by atoms with E-state index in [1.54, 1.807) is 7.11 Å². The lowest BCUT2D eigenvalue weighted by molar-refractivity contribution is 0.414. The molecule has 0 fully saturated rings. The van der Waals surface area contributed by atoms with Crippen LogP contribution in [0.4, 0.5) is 0 Å². The molecule has 0 aliphatic heterocycles. The zero-order valence-corrected chi connectivity index (χ0v) is 13.6. The van der Waals surface area contributed by atoms with Gasteiger partial charge in [-0.15, -0.1) is 0 Å².